The van der Waals surface area contributed by atoms with Gasteiger partial charge < -0.3 is 10.1 Å². The van der Waals surface area contributed by atoms with E-state index in [0.717, 1.165) is 0 Å². The second-order valence-corrected chi connectivity index (χ2v) is 5.08. The summed E-state index contributed by atoms with van der Waals surface area (Å²) in [6, 6.07) is 11.5. The van der Waals surface area contributed by atoms with Gasteiger partial charge in [-0.3, -0.25) is 14.6 Å². The van der Waals surface area contributed by atoms with Gasteiger partial charge in [0.15, 0.2) is 11.3 Å². The first kappa shape index (κ1) is 16.4. The Morgan fingerprint density at radius 2 is 1.78 bits per heavy atom. The lowest BCUT2D eigenvalue weighted by Crippen LogP contribution is -2.58. The lowest BCUT2D eigenvalue weighted by molar-refractivity contribution is -0.145. The number of benzene rings is 1. The molecule has 118 valence electrons. The molecular weight excluding hydrogens is 296 g/mol. The maximum atomic E-state index is 12.4. The summed E-state index contributed by atoms with van der Waals surface area (Å²) in [5, 5.41) is 2.43. The average Bonchev–Trinajstić information content (AvgIpc) is 2.56. The number of carbonyl (C=O) groups is 3. The first-order valence-electron chi connectivity index (χ1n) is 6.94. The number of ether oxygens (including phenoxy) is 1. The molecule has 6 nitrogen and oxygen atoms in total. The summed E-state index contributed by atoms with van der Waals surface area (Å²) in [5.74, 6) is -1.68. The van der Waals surface area contributed by atoms with Gasteiger partial charge in [-0.1, -0.05) is 18.2 Å². The summed E-state index contributed by atoms with van der Waals surface area (Å²) in [6.45, 7) is 2.53. The number of aromatic nitrogens is 1. The van der Waals surface area contributed by atoms with Crippen LogP contribution in [0.25, 0.3) is 0 Å². The molecule has 1 aromatic heterocycles. The van der Waals surface area contributed by atoms with Crippen LogP contribution in [0.4, 0.5) is 0 Å². The zero-order chi connectivity index (χ0) is 16.9. The molecule has 0 saturated heterocycles. The Balaban J connectivity index is 2.20. The topological polar surface area (TPSA) is 85.4 Å². The van der Waals surface area contributed by atoms with Crippen LogP contribution >= 0.6 is 0 Å². The van der Waals surface area contributed by atoms with Gasteiger partial charge in [-0.25, -0.2) is 4.79 Å². The highest BCUT2D eigenvalue weighted by Crippen LogP contribution is 2.15. The number of hydrogen-bond donors (Lipinski definition) is 1. The normalized spacial score (nSPS) is 12.8. The third kappa shape index (κ3) is 3.79. The maximum Gasteiger partial charge on any atom is 0.344 e. The summed E-state index contributed by atoms with van der Waals surface area (Å²) in [4.78, 5) is 40.3. The predicted octanol–water partition coefficient (Wildman–Crippen LogP) is 1.76. The van der Waals surface area contributed by atoms with Gasteiger partial charge in [0.05, 0.1) is 5.56 Å². The molecule has 1 aromatic carbocycles. The third-order valence-electron chi connectivity index (χ3n) is 3.35. The molecule has 0 bridgehead atoms. The van der Waals surface area contributed by atoms with Crippen LogP contribution in [-0.2, 0) is 9.59 Å². The Hall–Kier alpha value is -3.02. The SMILES string of the molecule is CC(=O)C(C)(NC(=O)c1cccnc1)C(=O)Oc1ccccc1. The van der Waals surface area contributed by atoms with Crippen LogP contribution in [0.2, 0.25) is 0 Å². The molecule has 0 fully saturated rings. The Kier molecular flexibility index (Phi) is 4.85. The zero-order valence-electron chi connectivity index (χ0n) is 12.8. The second-order valence-electron chi connectivity index (χ2n) is 5.08. The minimum Gasteiger partial charge on any atom is -0.424 e. The Morgan fingerprint density at radius 3 is 2.35 bits per heavy atom. The van der Waals surface area contributed by atoms with Crippen molar-refractivity contribution in [2.24, 2.45) is 0 Å². The van der Waals surface area contributed by atoms with E-state index in [0.29, 0.717) is 5.75 Å². The number of rotatable bonds is 5. The molecule has 0 aliphatic carbocycles. The van der Waals surface area contributed by atoms with Crippen LogP contribution in [0.15, 0.2) is 54.9 Å². The number of para-hydroxylation sites is 1. The molecule has 23 heavy (non-hydrogen) atoms. The highest BCUT2D eigenvalue weighted by molar-refractivity contribution is 6.11. The molecule has 2 aromatic rings. The summed E-state index contributed by atoms with van der Waals surface area (Å²) < 4.78 is 5.19. The summed E-state index contributed by atoms with van der Waals surface area (Å²) in [5.41, 5.74) is -1.55. The lowest BCUT2D eigenvalue weighted by atomic mass is 9.97. The zero-order valence-corrected chi connectivity index (χ0v) is 12.8. The molecule has 1 unspecified atom stereocenters. The number of nitrogens with zero attached hydrogens (tertiary/aromatic N) is 1. The fourth-order valence-electron chi connectivity index (χ4n) is 1.78. The maximum absolute atomic E-state index is 12.4. The van der Waals surface area contributed by atoms with Crippen LogP contribution in [0.1, 0.15) is 24.2 Å². The number of Topliss-reactive ketones (excluding diaryl/α,β-unsaturated/α-hetero) is 1. The third-order valence-corrected chi connectivity index (χ3v) is 3.35. The number of hydrogen-bond acceptors (Lipinski definition) is 5. The molecular formula is C17H16N2O4. The van der Waals surface area contributed by atoms with Crippen molar-refractivity contribution in [2.45, 2.75) is 19.4 Å². The second kappa shape index (κ2) is 6.83. The molecule has 6 heteroatoms. The van der Waals surface area contributed by atoms with E-state index in [9.17, 15) is 14.4 Å². The highest BCUT2D eigenvalue weighted by Gasteiger charge is 2.42. The number of esters is 1. The lowest BCUT2D eigenvalue weighted by Gasteiger charge is -2.25. The number of nitrogens with one attached hydrogen (secondary N) is 1. The van der Waals surface area contributed by atoms with Crippen molar-refractivity contribution in [2.75, 3.05) is 0 Å². The quantitative estimate of drug-likeness (QED) is 0.516. The van der Waals surface area contributed by atoms with Crippen molar-refractivity contribution < 1.29 is 19.1 Å². The van der Waals surface area contributed by atoms with Gasteiger partial charge >= 0.3 is 5.97 Å². The Bertz CT molecular complexity index is 716. The van der Waals surface area contributed by atoms with Gasteiger partial charge in [0.2, 0.25) is 0 Å². The average molecular weight is 312 g/mol. The van der Waals surface area contributed by atoms with Crippen LogP contribution in [0.3, 0.4) is 0 Å². The van der Waals surface area contributed by atoms with E-state index < -0.39 is 23.2 Å². The number of pyridine rings is 1. The predicted molar refractivity (Wildman–Crippen MR) is 82.9 cm³/mol. The van der Waals surface area contributed by atoms with E-state index in [4.69, 9.17) is 4.74 Å². The van der Waals surface area contributed by atoms with E-state index >= 15 is 0 Å². The fraction of sp³-hybridized carbons (Fsp3) is 0.176. The van der Waals surface area contributed by atoms with E-state index in [2.05, 4.69) is 10.3 Å². The van der Waals surface area contributed by atoms with Crippen LogP contribution in [-0.4, -0.2) is 28.2 Å². The van der Waals surface area contributed by atoms with Crippen molar-refractivity contribution >= 4 is 17.7 Å². The van der Waals surface area contributed by atoms with Gasteiger partial charge in [0.1, 0.15) is 5.75 Å². The fourth-order valence-corrected chi connectivity index (χ4v) is 1.78. The van der Waals surface area contributed by atoms with Crippen molar-refractivity contribution in [1.82, 2.24) is 10.3 Å². The van der Waals surface area contributed by atoms with Crippen LogP contribution in [0.5, 0.6) is 5.75 Å². The molecule has 1 amide bonds. The molecule has 1 N–H and O–H groups in total. The summed E-state index contributed by atoms with van der Waals surface area (Å²) >= 11 is 0. The Labute approximate surface area is 133 Å². The van der Waals surface area contributed by atoms with E-state index in [-0.39, 0.29) is 5.56 Å². The van der Waals surface area contributed by atoms with Crippen molar-refractivity contribution in [3.8, 4) is 5.75 Å². The number of carbonyl (C=O) groups excluding carboxylic acids is 3. The Morgan fingerprint density at radius 1 is 1.09 bits per heavy atom. The standard InChI is InChI=1S/C17H16N2O4/c1-12(20)17(2,16(22)23-14-8-4-3-5-9-14)19-15(21)13-7-6-10-18-11-13/h3-11H,1-2H3,(H,19,21). The molecule has 0 radical (unpaired) electrons. The van der Waals surface area contributed by atoms with Crippen molar-refractivity contribution in [3.05, 3.63) is 60.4 Å². The number of ketones is 1. The van der Waals surface area contributed by atoms with Crippen LogP contribution < -0.4 is 10.1 Å². The van der Waals surface area contributed by atoms with Crippen molar-refractivity contribution in [1.29, 1.82) is 0 Å². The monoisotopic (exact) mass is 312 g/mol. The first-order valence-corrected chi connectivity index (χ1v) is 6.94. The first-order chi connectivity index (χ1) is 10.9. The molecule has 0 spiro atoms. The molecule has 1 heterocycles. The number of amides is 1. The molecule has 0 saturated carbocycles. The van der Waals surface area contributed by atoms with E-state index in [1.54, 1.807) is 36.4 Å². The highest BCUT2D eigenvalue weighted by atomic mass is 16.5. The molecule has 2 rings (SSSR count). The smallest absolute Gasteiger partial charge is 0.344 e. The van der Waals surface area contributed by atoms with Crippen LogP contribution in [0, 0.1) is 0 Å². The molecule has 1 atom stereocenters. The van der Waals surface area contributed by atoms with Gasteiger partial charge in [0.25, 0.3) is 5.91 Å². The summed E-state index contributed by atoms with van der Waals surface area (Å²) in [7, 11) is 0. The summed E-state index contributed by atoms with van der Waals surface area (Å²) in [6.07, 6.45) is 2.86. The van der Waals surface area contributed by atoms with Gasteiger partial charge in [0, 0.05) is 12.4 Å². The largest absolute Gasteiger partial charge is 0.424 e. The minimum atomic E-state index is -1.79. The van der Waals surface area contributed by atoms with E-state index in [1.165, 1.54) is 32.3 Å². The van der Waals surface area contributed by atoms with Gasteiger partial charge in [-0.2, -0.15) is 0 Å². The van der Waals surface area contributed by atoms with Gasteiger partial charge in [-0.05, 0) is 38.1 Å². The van der Waals surface area contributed by atoms with E-state index in [1.807, 2.05) is 0 Å². The molecule has 0 aliphatic rings. The minimum absolute atomic E-state index is 0.243. The van der Waals surface area contributed by atoms with Crippen molar-refractivity contribution in [3.63, 3.8) is 0 Å². The molecule has 0 aliphatic heterocycles. The van der Waals surface area contributed by atoms with Gasteiger partial charge in [-0.15, -0.1) is 0 Å².